The molecule has 0 fully saturated rings. The molecule has 0 aliphatic carbocycles. The van der Waals surface area contributed by atoms with Gasteiger partial charge >= 0.3 is 40.8 Å². The molecule has 0 amide bonds. The van der Waals surface area contributed by atoms with Gasteiger partial charge in [0.25, 0.3) is 0 Å². The smallest absolute Gasteiger partial charge is 0.550 e. The van der Waals surface area contributed by atoms with E-state index in [1.807, 2.05) is 20.8 Å². The average molecular weight is 953 g/mol. The molecule has 0 aliphatic heterocycles. The normalized spacial score (nSPS) is 14.0. The minimum atomic E-state index is -0.818. The summed E-state index contributed by atoms with van der Waals surface area (Å²) >= 11 is 0. The fourth-order valence-electron chi connectivity index (χ4n) is 8.35. The Balaban J connectivity index is -0.000000374. The quantitative estimate of drug-likeness (QED) is 0.0566. The number of carboxylic acids is 3. The minimum absolute atomic E-state index is 0. The zero-order valence-corrected chi connectivity index (χ0v) is 43.6. The van der Waals surface area contributed by atoms with Crippen LogP contribution in [0, 0.1) is 57.1 Å². The number of hydrogen-bond acceptors (Lipinski definition) is 6. The number of hydrogen-bond donors (Lipinski definition) is 0. The number of rotatable bonds is 39. The van der Waals surface area contributed by atoms with E-state index >= 15 is 0 Å². The van der Waals surface area contributed by atoms with E-state index < -0.39 is 34.2 Å². The van der Waals surface area contributed by atoms with E-state index in [1.54, 1.807) is 0 Å². The zero-order valence-electron chi connectivity index (χ0n) is 40.4. The molecule has 0 aromatic heterocycles. The molecule has 3 atom stereocenters. The van der Waals surface area contributed by atoms with Gasteiger partial charge in [0.05, 0.1) is 0 Å². The number of carbonyl (C=O) groups excluding carboxylic acids is 3. The van der Waals surface area contributed by atoms with Gasteiger partial charge in [0, 0.05) is 34.2 Å². The molecule has 0 aromatic carbocycles. The maximum Gasteiger partial charge on any atom is 3.00 e. The summed E-state index contributed by atoms with van der Waals surface area (Å²) in [6.07, 6.45) is 38.6. The molecule has 7 heteroatoms. The van der Waals surface area contributed by atoms with Crippen LogP contribution in [0.1, 0.15) is 293 Å². The Kier molecular flexibility index (Phi) is 49.7. The largest absolute Gasteiger partial charge is 3.00 e. The van der Waals surface area contributed by atoms with Crippen LogP contribution in [0.4, 0.5) is 0 Å². The van der Waals surface area contributed by atoms with Crippen LogP contribution in [0.15, 0.2) is 0 Å². The minimum Gasteiger partial charge on any atom is -0.550 e. The maximum absolute atomic E-state index is 11.5. The number of unbranched alkanes of at least 4 members (excludes halogenated alkanes) is 21. The molecule has 0 rings (SSSR count). The predicted molar refractivity (Wildman–Crippen MR) is 240 cm³/mol. The molecule has 343 valence electrons. The van der Waals surface area contributed by atoms with Crippen molar-refractivity contribution in [1.29, 1.82) is 0 Å². The summed E-state index contributed by atoms with van der Waals surface area (Å²) in [4.78, 5) is 34.6. The van der Waals surface area contributed by atoms with Gasteiger partial charge in [-0.15, -0.1) is 0 Å². The molecule has 1 radical (unpaired) electrons. The van der Waals surface area contributed by atoms with Crippen LogP contribution in [0.5, 0.6) is 0 Å². The molecule has 0 N–H and O–H groups in total. The van der Waals surface area contributed by atoms with Crippen molar-refractivity contribution in [3.05, 3.63) is 0 Å². The van der Waals surface area contributed by atoms with Gasteiger partial charge in [-0.3, -0.25) is 0 Å². The second-order valence-electron chi connectivity index (χ2n) is 17.7. The zero-order chi connectivity index (χ0) is 43.7. The van der Waals surface area contributed by atoms with Gasteiger partial charge in [0.15, 0.2) is 0 Å². The van der Waals surface area contributed by atoms with Crippen molar-refractivity contribution in [3.63, 3.8) is 0 Å². The molecule has 58 heavy (non-hydrogen) atoms. The van der Waals surface area contributed by atoms with Gasteiger partial charge < -0.3 is 29.7 Å². The summed E-state index contributed by atoms with van der Waals surface area (Å²) in [5.41, 5.74) is -1.67. The van der Waals surface area contributed by atoms with Crippen LogP contribution < -0.4 is 15.3 Å². The molecule has 3 unspecified atom stereocenters. The first kappa shape index (κ1) is 64.4. The van der Waals surface area contributed by atoms with Crippen molar-refractivity contribution in [2.24, 2.45) is 16.2 Å². The summed E-state index contributed by atoms with van der Waals surface area (Å²) in [7, 11) is 0. The SMILES string of the molecule is CCCCCCCC(CC)(CCCCCC)C(=O)[O-].CCCCCCCC(CC)(CCCCCC)C(=O)[O-].CCCCCCCC(CC)(CCCCCC)C(=O)[O-].[Nd+3]. The van der Waals surface area contributed by atoms with Gasteiger partial charge in [0.2, 0.25) is 0 Å². The van der Waals surface area contributed by atoms with E-state index in [1.165, 1.54) is 96.3 Å². The van der Waals surface area contributed by atoms with Crippen molar-refractivity contribution < 1.29 is 70.5 Å². The Morgan fingerprint density at radius 3 is 0.534 bits per heavy atom. The predicted octanol–water partition coefficient (Wildman–Crippen LogP) is 13.4. The summed E-state index contributed by atoms with van der Waals surface area (Å²) < 4.78 is 0. The molecule has 0 bridgehead atoms. The van der Waals surface area contributed by atoms with Crippen molar-refractivity contribution in [3.8, 4) is 0 Å². The van der Waals surface area contributed by atoms with Crippen molar-refractivity contribution in [1.82, 2.24) is 0 Å². The molecule has 0 heterocycles. The monoisotopic (exact) mass is 950 g/mol. The Bertz CT molecular complexity index is 797. The van der Waals surface area contributed by atoms with Crippen LogP contribution in [0.3, 0.4) is 0 Å². The summed E-state index contributed by atoms with van der Waals surface area (Å²) in [5.74, 6) is -2.45. The first-order chi connectivity index (χ1) is 27.4. The number of carboxylic acid groups (broad SMARTS) is 3. The molecule has 0 aliphatic rings. The third kappa shape index (κ3) is 32.5. The van der Waals surface area contributed by atoms with Gasteiger partial charge in [-0.2, -0.15) is 0 Å². The van der Waals surface area contributed by atoms with Crippen LogP contribution in [0.2, 0.25) is 0 Å². The molecule has 6 nitrogen and oxygen atoms in total. The fraction of sp³-hybridized carbons (Fsp3) is 0.941. The van der Waals surface area contributed by atoms with Crippen molar-refractivity contribution in [2.45, 2.75) is 293 Å². The summed E-state index contributed by atoms with van der Waals surface area (Å²) in [5, 5.41) is 34.6. The molecular formula is C51H99NdO6. The summed E-state index contributed by atoms with van der Waals surface area (Å²) in [6.45, 7) is 19.1. The molecule has 0 saturated heterocycles. The fourth-order valence-corrected chi connectivity index (χ4v) is 8.35. The standard InChI is InChI=1S/3C17H34O2.Nd/c3*1-4-7-9-11-13-15-17(6-3,16(18)19)14-12-10-8-5-2;/h3*4-15H2,1-3H3,(H,18,19);/q;;;+3/p-3. The first-order valence-corrected chi connectivity index (χ1v) is 25.0. The van der Waals surface area contributed by atoms with Crippen LogP contribution in [-0.4, -0.2) is 17.9 Å². The van der Waals surface area contributed by atoms with Crippen molar-refractivity contribution in [2.75, 3.05) is 0 Å². The van der Waals surface area contributed by atoms with Gasteiger partial charge in [-0.25, -0.2) is 0 Å². The van der Waals surface area contributed by atoms with E-state index in [-0.39, 0.29) is 40.8 Å². The Morgan fingerprint density at radius 1 is 0.276 bits per heavy atom. The van der Waals surface area contributed by atoms with Gasteiger partial charge in [-0.1, -0.05) is 236 Å². The number of carbonyl (C=O) groups is 3. The molecular weight excluding hydrogens is 853 g/mol. The van der Waals surface area contributed by atoms with E-state index in [2.05, 4.69) is 41.5 Å². The van der Waals surface area contributed by atoms with Gasteiger partial charge in [-0.05, 0) is 57.8 Å². The van der Waals surface area contributed by atoms with Crippen LogP contribution in [0.25, 0.3) is 0 Å². The first-order valence-electron chi connectivity index (χ1n) is 25.0. The Morgan fingerprint density at radius 2 is 0.414 bits per heavy atom. The number of aliphatic carboxylic acids is 3. The van der Waals surface area contributed by atoms with E-state index in [0.717, 1.165) is 135 Å². The molecule has 0 spiro atoms. The van der Waals surface area contributed by atoms with E-state index in [9.17, 15) is 29.7 Å². The summed E-state index contributed by atoms with van der Waals surface area (Å²) in [6, 6.07) is 0. The third-order valence-electron chi connectivity index (χ3n) is 13.1. The molecule has 0 saturated carbocycles. The second kappa shape index (κ2) is 44.8. The Hall–Kier alpha value is -0.239. The van der Waals surface area contributed by atoms with E-state index in [0.29, 0.717) is 0 Å². The second-order valence-corrected chi connectivity index (χ2v) is 17.7. The van der Waals surface area contributed by atoms with Crippen LogP contribution >= 0.6 is 0 Å². The maximum atomic E-state index is 11.5. The molecule has 0 aromatic rings. The van der Waals surface area contributed by atoms with Crippen LogP contribution in [-0.2, 0) is 14.4 Å². The average Bonchev–Trinajstić information content (AvgIpc) is 3.20. The topological polar surface area (TPSA) is 120 Å². The van der Waals surface area contributed by atoms with Gasteiger partial charge in [0.1, 0.15) is 0 Å². The van der Waals surface area contributed by atoms with Crippen molar-refractivity contribution >= 4 is 17.9 Å². The third-order valence-corrected chi connectivity index (χ3v) is 13.1. The van der Waals surface area contributed by atoms with E-state index in [4.69, 9.17) is 0 Å². The Labute approximate surface area is 395 Å².